The van der Waals surface area contributed by atoms with E-state index in [1.807, 2.05) is 0 Å². The normalized spacial score (nSPS) is 15.1. The molecule has 1 saturated carbocycles. The fourth-order valence-corrected chi connectivity index (χ4v) is 4.36. The second kappa shape index (κ2) is 11.2. The average Bonchev–Trinajstić information content (AvgIpc) is 3.44. The van der Waals surface area contributed by atoms with Crippen molar-refractivity contribution in [1.82, 2.24) is 15.6 Å². The first-order valence-corrected chi connectivity index (χ1v) is 12.3. The number of hydrogen-bond acceptors (Lipinski definition) is 5. The molecule has 2 N–H and O–H groups in total. The molecule has 0 unspecified atom stereocenters. The molecule has 2 amide bonds. The lowest BCUT2D eigenvalue weighted by molar-refractivity contribution is -0.153. The minimum absolute atomic E-state index is 0.0748. The molecule has 0 radical (unpaired) electrons. The van der Waals surface area contributed by atoms with Crippen molar-refractivity contribution in [2.75, 3.05) is 6.61 Å². The Balaban J connectivity index is 1.48. The molecule has 1 aliphatic rings. The van der Waals surface area contributed by atoms with Crippen molar-refractivity contribution in [3.63, 3.8) is 0 Å². The van der Waals surface area contributed by atoms with Crippen LogP contribution in [0.1, 0.15) is 47.8 Å². The number of carbonyl (C=O) groups excluding carboxylic acids is 2. The minimum atomic E-state index is -4.78. The molecule has 1 fully saturated rings. The van der Waals surface area contributed by atoms with E-state index in [9.17, 15) is 31.5 Å². The number of nitrogens with zero attached hydrogens (tertiary/aromatic N) is 1. The van der Waals surface area contributed by atoms with E-state index in [0.717, 1.165) is 12.1 Å². The molecule has 1 aromatic carbocycles. The summed E-state index contributed by atoms with van der Waals surface area (Å²) in [5.74, 6) is -4.73. The van der Waals surface area contributed by atoms with Gasteiger partial charge in [0.1, 0.15) is 23.7 Å². The van der Waals surface area contributed by atoms with Crippen molar-refractivity contribution in [1.29, 1.82) is 0 Å². The summed E-state index contributed by atoms with van der Waals surface area (Å²) in [6, 6.07) is 4.08. The van der Waals surface area contributed by atoms with Crippen molar-refractivity contribution in [2.24, 2.45) is 0 Å². The number of amides is 2. The number of rotatable bonds is 9. The van der Waals surface area contributed by atoms with Crippen molar-refractivity contribution in [3.05, 3.63) is 69.6 Å². The number of benzene rings is 1. The van der Waals surface area contributed by atoms with E-state index in [0.29, 0.717) is 6.07 Å². The minimum Gasteiger partial charge on any atom is -0.485 e. The lowest BCUT2D eigenvalue weighted by atomic mass is 10.0. The van der Waals surface area contributed by atoms with Gasteiger partial charge in [-0.15, -0.1) is 0 Å². The molecule has 0 aliphatic heterocycles. The highest BCUT2D eigenvalue weighted by Crippen LogP contribution is 2.40. The van der Waals surface area contributed by atoms with Gasteiger partial charge in [0, 0.05) is 22.3 Å². The van der Waals surface area contributed by atoms with Crippen LogP contribution in [0.3, 0.4) is 0 Å². The number of aromatic nitrogens is 1. The molecular weight excluding hydrogens is 591 g/mol. The number of furan rings is 1. The lowest BCUT2D eigenvalue weighted by Crippen LogP contribution is -2.49. The standard InChI is InChI=1S/C25H19Cl2F6N3O4/c1-11(35-23(38)24(4-5-24)36-22(37)17-2-3-18(40-17)25(31,32)33)20-16(28)6-12(9-34-20)14-7-13(26)8-15(27)21(14)39-10-19(29)30/h2-3,6-9,11,19H,4-5,10H2,1H3,(H,35,38)(H,36,37)/t11-/m1/s1. The molecule has 1 atom stereocenters. The van der Waals surface area contributed by atoms with Crippen molar-refractivity contribution < 1.29 is 45.1 Å². The Morgan fingerprint density at radius 2 is 1.88 bits per heavy atom. The summed E-state index contributed by atoms with van der Waals surface area (Å²) in [7, 11) is 0. The molecule has 0 bridgehead atoms. The zero-order valence-electron chi connectivity index (χ0n) is 20.3. The summed E-state index contributed by atoms with van der Waals surface area (Å²) in [5, 5.41) is 4.96. The van der Waals surface area contributed by atoms with E-state index in [4.69, 9.17) is 27.9 Å². The fraction of sp³-hybridized carbons (Fsp3) is 0.320. The van der Waals surface area contributed by atoms with Crippen LogP contribution in [0.2, 0.25) is 10.0 Å². The zero-order valence-corrected chi connectivity index (χ0v) is 21.9. The van der Waals surface area contributed by atoms with Gasteiger partial charge in [0.05, 0.1) is 16.8 Å². The smallest absolute Gasteiger partial charge is 0.449 e. The van der Waals surface area contributed by atoms with E-state index in [2.05, 4.69) is 20.0 Å². The van der Waals surface area contributed by atoms with Crippen molar-refractivity contribution in [2.45, 2.75) is 43.9 Å². The van der Waals surface area contributed by atoms with Gasteiger partial charge in [-0.05, 0) is 50.1 Å². The van der Waals surface area contributed by atoms with Crippen LogP contribution in [0.25, 0.3) is 11.1 Å². The van der Waals surface area contributed by atoms with Crippen LogP contribution in [0.5, 0.6) is 5.75 Å². The van der Waals surface area contributed by atoms with Crippen LogP contribution in [-0.2, 0) is 11.0 Å². The summed E-state index contributed by atoms with van der Waals surface area (Å²) in [5.41, 5.74) is -1.39. The third-order valence-electron chi connectivity index (χ3n) is 5.95. The molecule has 3 aromatic rings. The first-order valence-electron chi connectivity index (χ1n) is 11.6. The maximum atomic E-state index is 15.1. The Morgan fingerprint density at radius 1 is 1.18 bits per heavy atom. The van der Waals surface area contributed by atoms with E-state index in [1.54, 1.807) is 0 Å². The Kier molecular flexibility index (Phi) is 8.27. The molecule has 2 heterocycles. The molecule has 15 heteroatoms. The molecule has 214 valence electrons. The van der Waals surface area contributed by atoms with Crippen LogP contribution in [0.4, 0.5) is 26.3 Å². The third-order valence-corrected chi connectivity index (χ3v) is 6.45. The van der Waals surface area contributed by atoms with Crippen LogP contribution in [0, 0.1) is 5.82 Å². The zero-order chi connectivity index (χ0) is 29.4. The number of carbonyl (C=O) groups is 2. The number of nitrogens with one attached hydrogen (secondary N) is 2. The Hall–Kier alpha value is -3.45. The number of alkyl halides is 5. The summed E-state index contributed by atoms with van der Waals surface area (Å²) in [6.07, 6.45) is -5.99. The van der Waals surface area contributed by atoms with Gasteiger partial charge >= 0.3 is 6.18 Å². The molecule has 0 saturated heterocycles. The number of halogens is 8. The molecule has 40 heavy (non-hydrogen) atoms. The number of pyridine rings is 1. The second-order valence-corrected chi connectivity index (χ2v) is 9.79. The Morgan fingerprint density at radius 3 is 2.45 bits per heavy atom. The van der Waals surface area contributed by atoms with Gasteiger partial charge in [0.2, 0.25) is 11.7 Å². The van der Waals surface area contributed by atoms with Gasteiger partial charge in [0.25, 0.3) is 12.3 Å². The van der Waals surface area contributed by atoms with E-state index in [1.165, 1.54) is 25.3 Å². The topological polar surface area (TPSA) is 93.5 Å². The van der Waals surface area contributed by atoms with Gasteiger partial charge in [-0.3, -0.25) is 14.6 Å². The maximum absolute atomic E-state index is 15.1. The van der Waals surface area contributed by atoms with Gasteiger partial charge < -0.3 is 19.8 Å². The van der Waals surface area contributed by atoms with Crippen molar-refractivity contribution >= 4 is 35.0 Å². The average molecular weight is 610 g/mol. The first kappa shape index (κ1) is 29.5. The Labute approximate surface area is 232 Å². The molecular formula is C25H19Cl2F6N3O4. The number of ether oxygens (including phenoxy) is 1. The maximum Gasteiger partial charge on any atom is 0.449 e. The summed E-state index contributed by atoms with van der Waals surface area (Å²) < 4.78 is 88.4. The molecule has 4 rings (SSSR count). The van der Waals surface area contributed by atoms with Crippen LogP contribution in [-0.4, -0.2) is 35.4 Å². The quantitative estimate of drug-likeness (QED) is 0.267. The van der Waals surface area contributed by atoms with Crippen LogP contribution < -0.4 is 15.4 Å². The van der Waals surface area contributed by atoms with Gasteiger partial charge in [-0.1, -0.05) is 23.2 Å². The van der Waals surface area contributed by atoms with E-state index >= 15 is 4.39 Å². The van der Waals surface area contributed by atoms with Crippen molar-refractivity contribution in [3.8, 4) is 16.9 Å². The molecule has 7 nitrogen and oxygen atoms in total. The summed E-state index contributed by atoms with van der Waals surface area (Å²) in [4.78, 5) is 29.3. The van der Waals surface area contributed by atoms with Crippen LogP contribution >= 0.6 is 23.2 Å². The monoisotopic (exact) mass is 609 g/mol. The predicted octanol–water partition coefficient (Wildman–Crippen LogP) is 6.59. The SMILES string of the molecule is C[C@@H](NC(=O)C1(NC(=O)c2ccc(C(F)(F)F)o2)CC1)c1ncc(-c2cc(Cl)cc(Cl)c2OCC(F)F)cc1F. The van der Waals surface area contributed by atoms with E-state index in [-0.39, 0.29) is 45.5 Å². The highest BCUT2D eigenvalue weighted by Gasteiger charge is 2.52. The highest BCUT2D eigenvalue weighted by molar-refractivity contribution is 6.36. The third kappa shape index (κ3) is 6.47. The number of hydrogen-bond donors (Lipinski definition) is 2. The first-order chi connectivity index (χ1) is 18.7. The Bertz CT molecular complexity index is 1440. The predicted molar refractivity (Wildman–Crippen MR) is 131 cm³/mol. The fourth-order valence-electron chi connectivity index (χ4n) is 3.81. The lowest BCUT2D eigenvalue weighted by Gasteiger charge is -2.21. The van der Waals surface area contributed by atoms with Crippen LogP contribution in [0.15, 0.2) is 40.9 Å². The second-order valence-electron chi connectivity index (χ2n) is 8.95. The largest absolute Gasteiger partial charge is 0.485 e. The van der Waals surface area contributed by atoms with Gasteiger partial charge in [0.15, 0.2) is 5.76 Å². The highest BCUT2D eigenvalue weighted by atomic mass is 35.5. The molecule has 2 aromatic heterocycles. The molecule has 0 spiro atoms. The molecule has 1 aliphatic carbocycles. The summed E-state index contributed by atoms with van der Waals surface area (Å²) >= 11 is 12.1. The van der Waals surface area contributed by atoms with E-state index < -0.39 is 59.9 Å². The summed E-state index contributed by atoms with van der Waals surface area (Å²) in [6.45, 7) is 0.462. The van der Waals surface area contributed by atoms with Gasteiger partial charge in [-0.2, -0.15) is 13.2 Å². The van der Waals surface area contributed by atoms with Gasteiger partial charge in [-0.25, -0.2) is 13.2 Å².